The summed E-state index contributed by atoms with van der Waals surface area (Å²) in [7, 11) is 1.46. The molecule has 2 unspecified atom stereocenters. The zero-order valence-corrected chi connectivity index (χ0v) is 13.6. The Labute approximate surface area is 134 Å². The van der Waals surface area contributed by atoms with Gasteiger partial charge in [0, 0.05) is 13.7 Å². The number of ether oxygens (including phenoxy) is 2. The van der Waals surface area contributed by atoms with E-state index in [2.05, 4.69) is 19.7 Å². The molecule has 0 saturated carbocycles. The number of rotatable bonds is 3. The molecule has 2 atom stereocenters. The molecule has 2 aromatic heterocycles. The maximum atomic E-state index is 8.60. The lowest BCUT2D eigenvalue weighted by Gasteiger charge is -2.13. The third-order valence-corrected chi connectivity index (χ3v) is 3.54. The molecule has 0 aliphatic carbocycles. The normalized spacial score (nSPS) is 21.3. The first kappa shape index (κ1) is 17.5. The minimum atomic E-state index is -0.958. The van der Waals surface area contributed by atoms with E-state index in [-0.39, 0.29) is 12.3 Å². The summed E-state index contributed by atoms with van der Waals surface area (Å²) in [6.45, 7) is 3.69. The molecule has 2 aromatic rings. The quantitative estimate of drug-likeness (QED) is 0.691. The van der Waals surface area contributed by atoms with Gasteiger partial charge in [0.25, 0.3) is 0 Å². The zero-order chi connectivity index (χ0) is 17.0. The fraction of sp³-hybridized carbons (Fsp3) is 0.643. The molecular formula is C14H24N6O3. The molecule has 3 rings (SSSR count). The van der Waals surface area contributed by atoms with Crippen LogP contribution in [0.25, 0.3) is 11.2 Å². The lowest BCUT2D eigenvalue weighted by atomic mass is 10.2. The van der Waals surface area contributed by atoms with Crippen molar-refractivity contribution in [2.75, 3.05) is 19.4 Å². The van der Waals surface area contributed by atoms with Crippen molar-refractivity contribution in [3.05, 3.63) is 12.7 Å². The highest BCUT2D eigenvalue weighted by atomic mass is 16.6. The van der Waals surface area contributed by atoms with Gasteiger partial charge in [-0.1, -0.05) is 0 Å². The van der Waals surface area contributed by atoms with Crippen molar-refractivity contribution in [1.29, 1.82) is 0 Å². The van der Waals surface area contributed by atoms with Crippen LogP contribution in [0.1, 0.15) is 32.9 Å². The Hall–Kier alpha value is -1.81. The van der Waals surface area contributed by atoms with Crippen LogP contribution in [0.5, 0.6) is 0 Å². The van der Waals surface area contributed by atoms with E-state index in [0.717, 1.165) is 12.8 Å². The number of nitrogens with two attached hydrogens (primary N) is 2. The van der Waals surface area contributed by atoms with Gasteiger partial charge in [0.15, 0.2) is 17.3 Å². The SMILES string of the molecule is COC(C)(C)O.NCC1CCC(n2cnc3c(N)ncnc32)O1. The van der Waals surface area contributed by atoms with Gasteiger partial charge in [0.05, 0.1) is 12.4 Å². The molecule has 9 nitrogen and oxygen atoms in total. The first-order chi connectivity index (χ1) is 10.9. The van der Waals surface area contributed by atoms with E-state index in [1.807, 2.05) is 4.57 Å². The van der Waals surface area contributed by atoms with E-state index in [1.54, 1.807) is 20.2 Å². The standard InChI is InChI=1S/C10H14N6O.C4H10O2/c11-3-6-1-2-7(17-6)16-5-15-8-9(12)13-4-14-10(8)16;1-4(2,5)6-3/h4-7H,1-3,11H2,(H2,12,13,14);5H,1-3H3. The Morgan fingerprint density at radius 2 is 2.09 bits per heavy atom. The van der Waals surface area contributed by atoms with E-state index in [0.29, 0.717) is 23.5 Å². The van der Waals surface area contributed by atoms with E-state index in [4.69, 9.17) is 21.3 Å². The van der Waals surface area contributed by atoms with Gasteiger partial charge < -0.3 is 26.0 Å². The number of fused-ring (bicyclic) bond motifs is 1. The van der Waals surface area contributed by atoms with Gasteiger partial charge in [-0.25, -0.2) is 15.0 Å². The van der Waals surface area contributed by atoms with Crippen molar-refractivity contribution in [2.45, 2.75) is 44.8 Å². The second kappa shape index (κ2) is 7.18. The molecule has 128 valence electrons. The summed E-state index contributed by atoms with van der Waals surface area (Å²) in [6.07, 6.45) is 5.07. The second-order valence-corrected chi connectivity index (χ2v) is 5.76. The molecule has 5 N–H and O–H groups in total. The number of methoxy groups -OCH3 is 1. The summed E-state index contributed by atoms with van der Waals surface area (Å²) in [6, 6.07) is 0. The predicted molar refractivity (Wildman–Crippen MR) is 85.2 cm³/mol. The first-order valence-electron chi connectivity index (χ1n) is 7.41. The van der Waals surface area contributed by atoms with E-state index >= 15 is 0 Å². The molecule has 0 spiro atoms. The third kappa shape index (κ3) is 4.35. The average Bonchev–Trinajstić information content (AvgIpc) is 3.13. The molecular weight excluding hydrogens is 300 g/mol. The number of aliphatic hydroxyl groups is 1. The fourth-order valence-corrected chi connectivity index (χ4v) is 2.15. The van der Waals surface area contributed by atoms with Crippen LogP contribution in [0, 0.1) is 0 Å². The topological polar surface area (TPSA) is 134 Å². The molecule has 0 bridgehead atoms. The van der Waals surface area contributed by atoms with Crippen molar-refractivity contribution in [3.63, 3.8) is 0 Å². The summed E-state index contributed by atoms with van der Waals surface area (Å²) < 4.78 is 12.2. The van der Waals surface area contributed by atoms with Crippen LogP contribution >= 0.6 is 0 Å². The van der Waals surface area contributed by atoms with Gasteiger partial charge in [0.2, 0.25) is 0 Å². The van der Waals surface area contributed by atoms with Gasteiger partial charge in [-0.15, -0.1) is 0 Å². The summed E-state index contributed by atoms with van der Waals surface area (Å²) in [5, 5.41) is 8.60. The maximum absolute atomic E-state index is 8.60. The number of hydrogen-bond donors (Lipinski definition) is 3. The van der Waals surface area contributed by atoms with Crippen LogP contribution in [-0.2, 0) is 9.47 Å². The van der Waals surface area contributed by atoms with E-state index in [1.165, 1.54) is 13.4 Å². The Kier molecular flexibility index (Phi) is 5.47. The minimum absolute atomic E-state index is 0.0529. The number of anilines is 1. The first-order valence-corrected chi connectivity index (χ1v) is 7.41. The largest absolute Gasteiger partial charge is 0.382 e. The van der Waals surface area contributed by atoms with E-state index < -0.39 is 5.79 Å². The van der Waals surface area contributed by atoms with Crippen LogP contribution in [0.15, 0.2) is 12.7 Å². The van der Waals surface area contributed by atoms with Crippen molar-refractivity contribution in [2.24, 2.45) is 5.73 Å². The summed E-state index contributed by atoms with van der Waals surface area (Å²) in [5.41, 5.74) is 12.7. The van der Waals surface area contributed by atoms with Gasteiger partial charge in [-0.2, -0.15) is 0 Å². The van der Waals surface area contributed by atoms with Gasteiger partial charge in [0.1, 0.15) is 18.1 Å². The zero-order valence-electron chi connectivity index (χ0n) is 13.6. The van der Waals surface area contributed by atoms with Gasteiger partial charge >= 0.3 is 0 Å². The Balaban J connectivity index is 0.000000277. The Morgan fingerprint density at radius 1 is 1.39 bits per heavy atom. The number of nitrogen functional groups attached to an aromatic ring is 1. The smallest absolute Gasteiger partial charge is 0.167 e. The van der Waals surface area contributed by atoms with E-state index in [9.17, 15) is 0 Å². The molecule has 0 radical (unpaired) electrons. The van der Waals surface area contributed by atoms with Gasteiger partial charge in [-0.05, 0) is 26.7 Å². The highest BCUT2D eigenvalue weighted by molar-refractivity contribution is 5.81. The monoisotopic (exact) mass is 324 g/mol. The van der Waals surface area contributed by atoms with Crippen molar-refractivity contribution in [3.8, 4) is 0 Å². The predicted octanol–water partition coefficient (Wildman–Crippen LogP) is 0.406. The number of imidazole rings is 1. The van der Waals surface area contributed by atoms with Crippen LogP contribution in [0.2, 0.25) is 0 Å². The summed E-state index contributed by atoms with van der Waals surface area (Å²) in [5.74, 6) is -0.567. The van der Waals surface area contributed by atoms with Crippen molar-refractivity contribution < 1.29 is 14.6 Å². The third-order valence-electron chi connectivity index (χ3n) is 3.54. The highest BCUT2D eigenvalue weighted by Crippen LogP contribution is 2.30. The number of aromatic nitrogens is 4. The molecule has 23 heavy (non-hydrogen) atoms. The number of hydrogen-bond acceptors (Lipinski definition) is 8. The van der Waals surface area contributed by atoms with Crippen LogP contribution in [0.4, 0.5) is 5.82 Å². The Bertz CT molecular complexity index is 639. The minimum Gasteiger partial charge on any atom is -0.382 e. The molecule has 0 aromatic carbocycles. The molecule has 1 fully saturated rings. The molecule has 9 heteroatoms. The lowest BCUT2D eigenvalue weighted by molar-refractivity contribution is -0.155. The second-order valence-electron chi connectivity index (χ2n) is 5.76. The highest BCUT2D eigenvalue weighted by Gasteiger charge is 2.27. The molecule has 1 saturated heterocycles. The molecule has 0 amide bonds. The molecule has 1 aliphatic heterocycles. The number of nitrogens with zero attached hydrogens (tertiary/aromatic N) is 4. The van der Waals surface area contributed by atoms with Crippen LogP contribution in [-0.4, -0.2) is 50.2 Å². The molecule has 3 heterocycles. The summed E-state index contributed by atoms with van der Waals surface area (Å²) in [4.78, 5) is 12.3. The van der Waals surface area contributed by atoms with Crippen molar-refractivity contribution >= 4 is 17.0 Å². The van der Waals surface area contributed by atoms with Crippen LogP contribution in [0.3, 0.4) is 0 Å². The van der Waals surface area contributed by atoms with Crippen molar-refractivity contribution in [1.82, 2.24) is 19.5 Å². The van der Waals surface area contributed by atoms with Gasteiger partial charge in [-0.3, -0.25) is 4.57 Å². The fourth-order valence-electron chi connectivity index (χ4n) is 2.15. The maximum Gasteiger partial charge on any atom is 0.167 e. The molecule has 1 aliphatic rings. The summed E-state index contributed by atoms with van der Waals surface area (Å²) >= 11 is 0. The lowest BCUT2D eigenvalue weighted by Crippen LogP contribution is -2.20. The Morgan fingerprint density at radius 3 is 2.65 bits per heavy atom. The van der Waals surface area contributed by atoms with Crippen LogP contribution < -0.4 is 11.5 Å². The average molecular weight is 324 g/mol.